The molecule has 1 aromatic heterocycles. The predicted octanol–water partition coefficient (Wildman–Crippen LogP) is 6.10. The molecule has 5 rings (SSSR count). The first-order valence-electron chi connectivity index (χ1n) is 12.1. The standard InChI is InChI=1S/C29H32N2O2/c1-3-4-20-12-14-31(27(17-20)22-7-9-23(10-8-22)29(32)33)18-26-24(16-21-5-6-21)15-19(2)28-25(26)11-13-30-28/h1,7-11,13,15,20-21,27,30H,4-6,12,14,16-18H2,2H3,(H,32,33)/t20?,27-/m0/s1. The third-order valence-corrected chi connectivity index (χ3v) is 7.58. The fourth-order valence-corrected chi connectivity index (χ4v) is 5.57. The lowest BCUT2D eigenvalue weighted by atomic mass is 9.84. The van der Waals surface area contributed by atoms with Crippen molar-refractivity contribution in [3.05, 3.63) is 70.4 Å². The van der Waals surface area contributed by atoms with Crippen LogP contribution in [0.3, 0.4) is 0 Å². The number of rotatable bonds is 7. The van der Waals surface area contributed by atoms with Crippen molar-refractivity contribution in [2.75, 3.05) is 6.54 Å². The quantitative estimate of drug-likeness (QED) is 0.436. The van der Waals surface area contributed by atoms with E-state index in [4.69, 9.17) is 6.42 Å². The third-order valence-electron chi connectivity index (χ3n) is 7.58. The summed E-state index contributed by atoms with van der Waals surface area (Å²) in [5, 5.41) is 10.7. The second kappa shape index (κ2) is 9.08. The number of aromatic carboxylic acids is 1. The Morgan fingerprint density at radius 3 is 2.67 bits per heavy atom. The predicted molar refractivity (Wildman–Crippen MR) is 132 cm³/mol. The first-order valence-corrected chi connectivity index (χ1v) is 12.1. The molecule has 1 saturated heterocycles. The number of likely N-dealkylation sites (tertiary alicyclic amines) is 1. The van der Waals surface area contributed by atoms with Gasteiger partial charge in [-0.1, -0.05) is 18.2 Å². The van der Waals surface area contributed by atoms with Crippen molar-refractivity contribution in [1.29, 1.82) is 0 Å². The van der Waals surface area contributed by atoms with Gasteiger partial charge in [0.25, 0.3) is 0 Å². The second-order valence-electron chi connectivity index (χ2n) is 9.96. The number of carbonyl (C=O) groups is 1. The van der Waals surface area contributed by atoms with Crippen LogP contribution >= 0.6 is 0 Å². The molecule has 2 atom stereocenters. The van der Waals surface area contributed by atoms with Crippen LogP contribution in [-0.2, 0) is 13.0 Å². The molecule has 1 aliphatic heterocycles. The van der Waals surface area contributed by atoms with E-state index in [0.29, 0.717) is 11.5 Å². The molecule has 33 heavy (non-hydrogen) atoms. The number of aromatic amines is 1. The Labute approximate surface area is 196 Å². The smallest absolute Gasteiger partial charge is 0.335 e. The van der Waals surface area contributed by atoms with Gasteiger partial charge in [0.1, 0.15) is 0 Å². The number of benzene rings is 2. The van der Waals surface area contributed by atoms with Crippen molar-refractivity contribution in [2.24, 2.45) is 11.8 Å². The lowest BCUT2D eigenvalue weighted by molar-refractivity contribution is 0.0696. The number of piperidine rings is 1. The van der Waals surface area contributed by atoms with Gasteiger partial charge in [0.2, 0.25) is 0 Å². The van der Waals surface area contributed by atoms with E-state index < -0.39 is 5.97 Å². The number of nitrogens with zero attached hydrogens (tertiary/aromatic N) is 1. The topological polar surface area (TPSA) is 56.3 Å². The zero-order valence-electron chi connectivity index (χ0n) is 19.3. The number of H-pyrrole nitrogens is 1. The molecule has 4 nitrogen and oxygen atoms in total. The van der Waals surface area contributed by atoms with Crippen molar-refractivity contribution in [2.45, 2.75) is 58.0 Å². The summed E-state index contributed by atoms with van der Waals surface area (Å²) in [5.41, 5.74) is 7.03. The summed E-state index contributed by atoms with van der Waals surface area (Å²) in [6.45, 7) is 4.11. The van der Waals surface area contributed by atoms with E-state index in [9.17, 15) is 9.90 Å². The van der Waals surface area contributed by atoms with Crippen LogP contribution in [0.1, 0.15) is 70.8 Å². The Balaban J connectivity index is 1.49. The van der Waals surface area contributed by atoms with Gasteiger partial charge in [-0.2, -0.15) is 0 Å². The fraction of sp³-hybridized carbons (Fsp3) is 0.414. The highest BCUT2D eigenvalue weighted by Gasteiger charge is 2.31. The molecule has 2 heterocycles. The molecule has 2 aromatic carbocycles. The number of nitrogens with one attached hydrogen (secondary N) is 1. The van der Waals surface area contributed by atoms with Crippen LogP contribution in [0, 0.1) is 31.1 Å². The molecule has 0 spiro atoms. The monoisotopic (exact) mass is 440 g/mol. The summed E-state index contributed by atoms with van der Waals surface area (Å²) >= 11 is 0. The average molecular weight is 441 g/mol. The molecule has 2 aliphatic rings. The summed E-state index contributed by atoms with van der Waals surface area (Å²) in [4.78, 5) is 17.4. The molecular weight excluding hydrogens is 408 g/mol. The van der Waals surface area contributed by atoms with Gasteiger partial charge in [-0.05, 0) is 97.9 Å². The van der Waals surface area contributed by atoms with E-state index in [0.717, 1.165) is 38.3 Å². The van der Waals surface area contributed by atoms with Crippen molar-refractivity contribution in [3.8, 4) is 12.3 Å². The van der Waals surface area contributed by atoms with Crippen molar-refractivity contribution in [3.63, 3.8) is 0 Å². The Morgan fingerprint density at radius 1 is 1.18 bits per heavy atom. The number of aryl methyl sites for hydroxylation is 1. The zero-order valence-corrected chi connectivity index (χ0v) is 19.3. The lowest BCUT2D eigenvalue weighted by Crippen LogP contribution is -2.36. The minimum Gasteiger partial charge on any atom is -0.478 e. The van der Waals surface area contributed by atoms with Crippen molar-refractivity contribution >= 4 is 16.9 Å². The molecule has 1 aliphatic carbocycles. The van der Waals surface area contributed by atoms with Gasteiger partial charge in [-0.3, -0.25) is 4.90 Å². The first-order chi connectivity index (χ1) is 16.0. The van der Waals surface area contributed by atoms with Crippen LogP contribution in [0.25, 0.3) is 10.9 Å². The van der Waals surface area contributed by atoms with Gasteiger partial charge < -0.3 is 10.1 Å². The van der Waals surface area contributed by atoms with Gasteiger partial charge >= 0.3 is 5.97 Å². The number of hydrogen-bond acceptors (Lipinski definition) is 2. The molecule has 1 saturated carbocycles. The number of carboxylic acid groups (broad SMARTS) is 1. The highest BCUT2D eigenvalue weighted by atomic mass is 16.4. The van der Waals surface area contributed by atoms with Crippen LogP contribution in [-0.4, -0.2) is 27.5 Å². The number of fused-ring (bicyclic) bond motifs is 1. The summed E-state index contributed by atoms with van der Waals surface area (Å²) in [7, 11) is 0. The van der Waals surface area contributed by atoms with E-state index in [1.807, 2.05) is 12.1 Å². The molecule has 4 heteroatoms. The molecule has 0 radical (unpaired) electrons. The third kappa shape index (κ3) is 4.56. The zero-order chi connectivity index (χ0) is 22.9. The normalized spacial score (nSPS) is 21.2. The Morgan fingerprint density at radius 2 is 1.97 bits per heavy atom. The van der Waals surface area contributed by atoms with Gasteiger partial charge in [-0.15, -0.1) is 12.3 Å². The van der Waals surface area contributed by atoms with Crippen LogP contribution in [0.15, 0.2) is 42.6 Å². The van der Waals surface area contributed by atoms with Crippen molar-refractivity contribution in [1.82, 2.24) is 9.88 Å². The number of carboxylic acids is 1. The summed E-state index contributed by atoms with van der Waals surface area (Å²) < 4.78 is 0. The molecule has 0 amide bonds. The number of hydrogen-bond donors (Lipinski definition) is 2. The largest absolute Gasteiger partial charge is 0.478 e. The summed E-state index contributed by atoms with van der Waals surface area (Å²) in [5.74, 6) is 3.32. The number of terminal acetylenes is 1. The van der Waals surface area contributed by atoms with E-state index in [1.165, 1.54) is 52.4 Å². The fourth-order valence-electron chi connectivity index (χ4n) is 5.57. The molecule has 0 bridgehead atoms. The Hall–Kier alpha value is -3.03. The van der Waals surface area contributed by atoms with E-state index >= 15 is 0 Å². The van der Waals surface area contributed by atoms with Gasteiger partial charge in [0, 0.05) is 36.1 Å². The summed E-state index contributed by atoms with van der Waals surface area (Å²) in [6.07, 6.45) is 14.5. The SMILES string of the molecule is C#CCC1CCN(Cc2c(CC3CC3)cc(C)c3[nH]ccc23)[C@H](c2ccc(C(=O)O)cc2)C1. The average Bonchev–Trinajstić information content (AvgIpc) is 3.48. The highest BCUT2D eigenvalue weighted by Crippen LogP contribution is 2.40. The highest BCUT2D eigenvalue weighted by molar-refractivity contribution is 5.88. The molecule has 170 valence electrons. The molecule has 3 aromatic rings. The Kier molecular flexibility index (Phi) is 6.00. The minimum atomic E-state index is -0.883. The Bertz CT molecular complexity index is 1200. The molecule has 2 N–H and O–H groups in total. The maximum Gasteiger partial charge on any atom is 0.335 e. The summed E-state index contributed by atoms with van der Waals surface area (Å²) in [6, 6.07) is 12.3. The maximum atomic E-state index is 11.4. The van der Waals surface area contributed by atoms with E-state index in [1.54, 1.807) is 12.1 Å². The lowest BCUT2D eigenvalue weighted by Gasteiger charge is -2.40. The van der Waals surface area contributed by atoms with Gasteiger partial charge in [0.05, 0.1) is 5.56 Å². The van der Waals surface area contributed by atoms with Crippen molar-refractivity contribution < 1.29 is 9.90 Å². The first kappa shape index (κ1) is 21.8. The minimum absolute atomic E-state index is 0.240. The molecule has 1 unspecified atom stereocenters. The van der Waals surface area contributed by atoms with Crippen LogP contribution < -0.4 is 0 Å². The molecule has 2 fully saturated rings. The number of aromatic nitrogens is 1. The second-order valence-corrected chi connectivity index (χ2v) is 9.96. The van der Waals surface area contributed by atoms with Crippen LogP contribution in [0.4, 0.5) is 0 Å². The van der Waals surface area contributed by atoms with E-state index in [2.05, 4.69) is 41.1 Å². The molecular formula is C29H32N2O2. The van der Waals surface area contributed by atoms with E-state index in [-0.39, 0.29) is 6.04 Å². The maximum absolute atomic E-state index is 11.4. The van der Waals surface area contributed by atoms with Crippen LogP contribution in [0.5, 0.6) is 0 Å². The van der Waals surface area contributed by atoms with Gasteiger partial charge in [0.15, 0.2) is 0 Å². The van der Waals surface area contributed by atoms with Crippen LogP contribution in [0.2, 0.25) is 0 Å². The van der Waals surface area contributed by atoms with Gasteiger partial charge in [-0.25, -0.2) is 4.79 Å².